The van der Waals surface area contributed by atoms with Crippen LogP contribution >= 0.6 is 11.6 Å². The molecule has 5 heteroatoms. The fraction of sp³-hybridized carbons (Fsp3) is 0.625. The molecule has 0 atom stereocenters. The van der Waals surface area contributed by atoms with Crippen LogP contribution in [-0.4, -0.2) is 20.8 Å². The van der Waals surface area contributed by atoms with Gasteiger partial charge in [-0.05, 0) is 67.6 Å². The summed E-state index contributed by atoms with van der Waals surface area (Å²) in [6.07, 6.45) is 5.86. The second kappa shape index (κ2) is 6.27. The molecule has 2 aliphatic rings. The van der Waals surface area contributed by atoms with Crippen LogP contribution in [0.2, 0.25) is 0 Å². The third kappa shape index (κ3) is 3.99. The number of nitrogens with one attached hydrogen (secondary N) is 1. The minimum absolute atomic E-state index is 0.353. The number of hydrogen-bond donors (Lipinski definition) is 1. The van der Waals surface area contributed by atoms with Gasteiger partial charge in [0.2, 0.25) is 10.0 Å². The van der Waals surface area contributed by atoms with E-state index < -0.39 is 10.0 Å². The van der Waals surface area contributed by atoms with Gasteiger partial charge in [0.05, 0.1) is 4.90 Å². The Bertz CT molecular complexity index is 565. The van der Waals surface area contributed by atoms with Crippen LogP contribution in [0.3, 0.4) is 0 Å². The van der Waals surface area contributed by atoms with Crippen LogP contribution in [0.15, 0.2) is 29.2 Å². The van der Waals surface area contributed by atoms with Gasteiger partial charge in [0.15, 0.2) is 0 Å². The van der Waals surface area contributed by atoms with Crippen molar-refractivity contribution in [3.63, 3.8) is 0 Å². The van der Waals surface area contributed by atoms with Gasteiger partial charge in [-0.2, -0.15) is 0 Å². The molecule has 3 nitrogen and oxygen atoms in total. The Morgan fingerprint density at radius 2 is 1.67 bits per heavy atom. The minimum atomic E-state index is -3.38. The van der Waals surface area contributed by atoms with Gasteiger partial charge in [-0.25, -0.2) is 13.1 Å². The van der Waals surface area contributed by atoms with Crippen molar-refractivity contribution in [2.24, 2.45) is 17.8 Å². The molecule has 0 amide bonds. The lowest BCUT2D eigenvalue weighted by Crippen LogP contribution is -2.31. The SMILES string of the molecule is O=S(=O)(NCC(C1CC1)C1CC1)c1ccc(CCCl)cc1. The van der Waals surface area contributed by atoms with Crippen LogP contribution in [0.25, 0.3) is 0 Å². The number of aryl methyl sites for hydroxylation is 1. The molecular formula is C16H22ClNO2S. The van der Waals surface area contributed by atoms with E-state index in [0.29, 0.717) is 23.2 Å². The zero-order valence-electron chi connectivity index (χ0n) is 12.1. The van der Waals surface area contributed by atoms with E-state index in [-0.39, 0.29) is 0 Å². The van der Waals surface area contributed by atoms with Gasteiger partial charge in [0, 0.05) is 12.4 Å². The van der Waals surface area contributed by atoms with Gasteiger partial charge in [-0.1, -0.05) is 12.1 Å². The van der Waals surface area contributed by atoms with Gasteiger partial charge in [0.25, 0.3) is 0 Å². The summed E-state index contributed by atoms with van der Waals surface area (Å²) in [5.41, 5.74) is 1.07. The first-order chi connectivity index (χ1) is 10.1. The maximum atomic E-state index is 12.4. The molecule has 116 valence electrons. The summed E-state index contributed by atoms with van der Waals surface area (Å²) in [7, 11) is -3.38. The van der Waals surface area contributed by atoms with Crippen molar-refractivity contribution in [2.75, 3.05) is 12.4 Å². The topological polar surface area (TPSA) is 46.2 Å². The molecule has 1 N–H and O–H groups in total. The Hall–Kier alpha value is -0.580. The van der Waals surface area contributed by atoms with Gasteiger partial charge in [-0.3, -0.25) is 0 Å². The second-order valence-corrected chi connectivity index (χ2v) is 8.42. The molecule has 0 unspecified atom stereocenters. The zero-order valence-corrected chi connectivity index (χ0v) is 13.7. The Morgan fingerprint density at radius 1 is 1.10 bits per heavy atom. The molecule has 0 aliphatic heterocycles. The molecule has 0 saturated heterocycles. The first-order valence-electron chi connectivity index (χ1n) is 7.75. The van der Waals surface area contributed by atoms with Crippen LogP contribution < -0.4 is 4.72 Å². The molecule has 2 aliphatic carbocycles. The summed E-state index contributed by atoms with van der Waals surface area (Å²) in [6.45, 7) is 0.598. The lowest BCUT2D eigenvalue weighted by atomic mass is 9.99. The Kier molecular flexibility index (Phi) is 4.57. The molecule has 1 aromatic rings. The fourth-order valence-corrected chi connectivity index (χ4v) is 4.29. The average molecular weight is 328 g/mol. The highest BCUT2D eigenvalue weighted by Crippen LogP contribution is 2.48. The van der Waals surface area contributed by atoms with Gasteiger partial charge < -0.3 is 0 Å². The molecule has 1 aromatic carbocycles. The number of benzene rings is 1. The van der Waals surface area contributed by atoms with Crippen molar-refractivity contribution in [3.05, 3.63) is 29.8 Å². The molecule has 2 saturated carbocycles. The number of hydrogen-bond acceptors (Lipinski definition) is 2. The molecule has 0 aromatic heterocycles. The maximum Gasteiger partial charge on any atom is 0.240 e. The van der Waals surface area contributed by atoms with Gasteiger partial charge in [0.1, 0.15) is 0 Å². The van der Waals surface area contributed by atoms with Crippen molar-refractivity contribution in [1.29, 1.82) is 0 Å². The smallest absolute Gasteiger partial charge is 0.211 e. The standard InChI is InChI=1S/C16H22ClNO2S/c17-10-9-12-1-7-15(8-2-12)21(19,20)18-11-16(13-3-4-13)14-5-6-14/h1-2,7-8,13-14,16,18H,3-6,9-11H2. The largest absolute Gasteiger partial charge is 0.240 e. The number of rotatable bonds is 8. The predicted octanol–water partition coefficient (Wildman–Crippen LogP) is 3.18. The molecule has 2 fully saturated rings. The van der Waals surface area contributed by atoms with Crippen molar-refractivity contribution < 1.29 is 8.42 Å². The number of halogens is 1. The fourth-order valence-electron chi connectivity index (χ4n) is 3.00. The highest BCUT2D eigenvalue weighted by molar-refractivity contribution is 7.89. The summed E-state index contributed by atoms with van der Waals surface area (Å²) in [4.78, 5) is 0.353. The highest BCUT2D eigenvalue weighted by Gasteiger charge is 2.41. The summed E-state index contributed by atoms with van der Waals surface area (Å²) in [5, 5.41) is 0. The Morgan fingerprint density at radius 3 is 2.14 bits per heavy atom. The van der Waals surface area contributed by atoms with Crippen molar-refractivity contribution >= 4 is 21.6 Å². The van der Waals surface area contributed by atoms with Crippen molar-refractivity contribution in [3.8, 4) is 0 Å². The molecule has 3 rings (SSSR count). The van der Waals surface area contributed by atoms with Crippen LogP contribution in [0.4, 0.5) is 0 Å². The Labute approximate surface area is 132 Å². The van der Waals surface area contributed by atoms with Gasteiger partial charge >= 0.3 is 0 Å². The van der Waals surface area contributed by atoms with E-state index in [0.717, 1.165) is 23.8 Å². The average Bonchev–Trinajstić information content (AvgIpc) is 3.34. The Balaban J connectivity index is 1.62. The minimum Gasteiger partial charge on any atom is -0.211 e. The molecule has 0 heterocycles. The predicted molar refractivity (Wildman–Crippen MR) is 85.0 cm³/mol. The quantitative estimate of drug-likeness (QED) is 0.745. The molecular weight excluding hydrogens is 306 g/mol. The molecule has 0 spiro atoms. The van der Waals surface area contributed by atoms with E-state index in [1.54, 1.807) is 12.1 Å². The van der Waals surface area contributed by atoms with Crippen LogP contribution in [0.5, 0.6) is 0 Å². The summed E-state index contributed by atoms with van der Waals surface area (Å²) < 4.78 is 27.5. The number of sulfonamides is 1. The third-order valence-corrected chi connectivity index (χ3v) is 6.21. The van der Waals surface area contributed by atoms with E-state index in [1.165, 1.54) is 25.7 Å². The monoisotopic (exact) mass is 327 g/mol. The van der Waals surface area contributed by atoms with Crippen molar-refractivity contribution in [1.82, 2.24) is 4.72 Å². The lowest BCUT2D eigenvalue weighted by molar-refractivity contribution is 0.401. The van der Waals surface area contributed by atoms with E-state index in [9.17, 15) is 8.42 Å². The number of alkyl halides is 1. The van der Waals surface area contributed by atoms with E-state index in [2.05, 4.69) is 4.72 Å². The van der Waals surface area contributed by atoms with Crippen molar-refractivity contribution in [2.45, 2.75) is 37.0 Å². The lowest BCUT2D eigenvalue weighted by Gasteiger charge is -2.16. The first kappa shape index (κ1) is 15.3. The molecule has 21 heavy (non-hydrogen) atoms. The third-order valence-electron chi connectivity index (χ3n) is 4.58. The summed E-state index contributed by atoms with van der Waals surface area (Å²) >= 11 is 5.69. The summed E-state index contributed by atoms with van der Waals surface area (Å²) in [6, 6.07) is 7.04. The van der Waals surface area contributed by atoms with E-state index in [4.69, 9.17) is 11.6 Å². The zero-order chi connectivity index (χ0) is 14.9. The van der Waals surface area contributed by atoms with E-state index in [1.807, 2.05) is 12.1 Å². The van der Waals surface area contributed by atoms with Crippen LogP contribution in [0, 0.1) is 17.8 Å². The van der Waals surface area contributed by atoms with Crippen LogP contribution in [-0.2, 0) is 16.4 Å². The normalized spacial score (nSPS) is 19.1. The second-order valence-electron chi connectivity index (χ2n) is 6.27. The maximum absolute atomic E-state index is 12.4. The van der Waals surface area contributed by atoms with E-state index >= 15 is 0 Å². The van der Waals surface area contributed by atoms with Gasteiger partial charge in [-0.15, -0.1) is 11.6 Å². The summed E-state index contributed by atoms with van der Waals surface area (Å²) in [5.74, 6) is 2.61. The molecule has 0 radical (unpaired) electrons. The molecule has 0 bridgehead atoms. The first-order valence-corrected chi connectivity index (χ1v) is 9.76. The van der Waals surface area contributed by atoms with Crippen LogP contribution in [0.1, 0.15) is 31.2 Å². The highest BCUT2D eigenvalue weighted by atomic mass is 35.5.